The molecule has 3 N–H and O–H groups in total. The second kappa shape index (κ2) is 9.74. The molecule has 0 aromatic carbocycles. The zero-order chi connectivity index (χ0) is 15.7. The van der Waals surface area contributed by atoms with Crippen LogP contribution in [0.3, 0.4) is 0 Å². The molecule has 0 amide bonds. The smallest absolute Gasteiger partial charge is 0.0897 e. The highest BCUT2D eigenvalue weighted by Crippen LogP contribution is 2.31. The molecule has 0 heterocycles. The molecule has 1 rings (SSSR count). The lowest BCUT2D eigenvalue weighted by atomic mass is 9.77. The van der Waals surface area contributed by atoms with Gasteiger partial charge in [0.05, 0.1) is 38.6 Å². The van der Waals surface area contributed by atoms with Gasteiger partial charge in [0.1, 0.15) is 0 Å². The number of hydrogen-bond donors (Lipinski definition) is 3. The van der Waals surface area contributed by atoms with Crippen LogP contribution >= 0.6 is 0 Å². The molecule has 1 fully saturated rings. The summed E-state index contributed by atoms with van der Waals surface area (Å²) in [5, 5.41) is 23.0. The summed E-state index contributed by atoms with van der Waals surface area (Å²) in [6.07, 6.45) is 3.96. The normalized spacial score (nSPS) is 28.0. The zero-order valence-electron chi connectivity index (χ0n) is 13.8. The third-order valence-corrected chi connectivity index (χ3v) is 4.10. The van der Waals surface area contributed by atoms with Crippen LogP contribution in [-0.4, -0.2) is 60.9 Å². The molecule has 0 radical (unpaired) electrons. The molecule has 0 bridgehead atoms. The predicted octanol–water partition coefficient (Wildman–Crippen LogP) is 1.32. The molecule has 5 heteroatoms. The number of hydrogen-bond acceptors (Lipinski definition) is 5. The molecular formula is C16H33NO4. The lowest BCUT2D eigenvalue weighted by molar-refractivity contribution is -0.0142. The minimum Gasteiger partial charge on any atom is -0.394 e. The fourth-order valence-corrected chi connectivity index (χ4v) is 2.98. The van der Waals surface area contributed by atoms with Crippen molar-refractivity contribution in [1.29, 1.82) is 0 Å². The van der Waals surface area contributed by atoms with Gasteiger partial charge in [-0.1, -0.05) is 19.8 Å². The SMILES string of the molecule is CC1CCCC(CO)(NCC(O)COCCOC(C)C)C1. The maximum Gasteiger partial charge on any atom is 0.0897 e. The van der Waals surface area contributed by atoms with E-state index in [9.17, 15) is 10.2 Å². The van der Waals surface area contributed by atoms with E-state index in [0.29, 0.717) is 32.3 Å². The van der Waals surface area contributed by atoms with Crippen LogP contribution in [0.4, 0.5) is 0 Å². The average Bonchev–Trinajstić information content (AvgIpc) is 2.44. The first-order valence-corrected chi connectivity index (χ1v) is 8.21. The Hall–Kier alpha value is -0.200. The third-order valence-electron chi connectivity index (χ3n) is 4.10. The van der Waals surface area contributed by atoms with E-state index >= 15 is 0 Å². The van der Waals surface area contributed by atoms with E-state index in [4.69, 9.17) is 9.47 Å². The Balaban J connectivity index is 2.17. The monoisotopic (exact) mass is 303 g/mol. The minimum atomic E-state index is -0.551. The van der Waals surface area contributed by atoms with E-state index < -0.39 is 6.10 Å². The molecule has 3 unspecified atom stereocenters. The Kier molecular flexibility index (Phi) is 8.74. The predicted molar refractivity (Wildman–Crippen MR) is 83.4 cm³/mol. The zero-order valence-corrected chi connectivity index (χ0v) is 13.8. The molecular weight excluding hydrogens is 270 g/mol. The fourth-order valence-electron chi connectivity index (χ4n) is 2.98. The van der Waals surface area contributed by atoms with E-state index in [-0.39, 0.29) is 18.2 Å². The van der Waals surface area contributed by atoms with E-state index in [1.807, 2.05) is 13.8 Å². The van der Waals surface area contributed by atoms with Crippen molar-refractivity contribution in [1.82, 2.24) is 5.32 Å². The number of aliphatic hydroxyl groups is 2. The molecule has 126 valence electrons. The van der Waals surface area contributed by atoms with Gasteiger partial charge in [0.2, 0.25) is 0 Å². The summed E-state index contributed by atoms with van der Waals surface area (Å²) < 4.78 is 10.8. The summed E-state index contributed by atoms with van der Waals surface area (Å²) in [5.41, 5.74) is -0.223. The standard InChI is InChI=1S/C16H33NO4/c1-13(2)21-8-7-20-11-15(19)10-17-16(12-18)6-4-5-14(3)9-16/h13-15,17-19H,4-12H2,1-3H3. The Morgan fingerprint density at radius 1 is 1.33 bits per heavy atom. The number of β-amino-alcohol motifs (C(OH)–C–C–N with tert-alkyl or cyclic N) is 1. The number of aliphatic hydroxyl groups excluding tert-OH is 2. The molecule has 5 nitrogen and oxygen atoms in total. The second-order valence-electron chi connectivity index (χ2n) is 6.67. The Labute approximate surface area is 129 Å². The molecule has 1 aliphatic carbocycles. The largest absolute Gasteiger partial charge is 0.394 e. The van der Waals surface area contributed by atoms with Gasteiger partial charge in [0.15, 0.2) is 0 Å². The maximum absolute atomic E-state index is 9.95. The van der Waals surface area contributed by atoms with Crippen molar-refractivity contribution in [2.24, 2.45) is 5.92 Å². The molecule has 0 aromatic rings. The van der Waals surface area contributed by atoms with Crippen LogP contribution in [0.5, 0.6) is 0 Å². The molecule has 1 saturated carbocycles. The topological polar surface area (TPSA) is 71.0 Å². The number of ether oxygens (including phenoxy) is 2. The van der Waals surface area contributed by atoms with Gasteiger partial charge in [-0.15, -0.1) is 0 Å². The van der Waals surface area contributed by atoms with Gasteiger partial charge < -0.3 is 25.0 Å². The van der Waals surface area contributed by atoms with Crippen LogP contribution in [0, 0.1) is 5.92 Å². The molecule has 0 aliphatic heterocycles. The van der Waals surface area contributed by atoms with Crippen LogP contribution < -0.4 is 5.32 Å². The summed E-state index contributed by atoms with van der Waals surface area (Å²) in [6.45, 7) is 8.13. The van der Waals surface area contributed by atoms with Crippen LogP contribution in [-0.2, 0) is 9.47 Å². The van der Waals surface area contributed by atoms with Crippen molar-refractivity contribution >= 4 is 0 Å². The van der Waals surface area contributed by atoms with E-state index in [1.54, 1.807) is 0 Å². The number of nitrogens with one attached hydrogen (secondary N) is 1. The van der Waals surface area contributed by atoms with Crippen molar-refractivity contribution in [3.05, 3.63) is 0 Å². The van der Waals surface area contributed by atoms with Gasteiger partial charge in [-0.05, 0) is 32.6 Å². The van der Waals surface area contributed by atoms with Gasteiger partial charge in [-0.3, -0.25) is 0 Å². The summed E-state index contributed by atoms with van der Waals surface area (Å²) in [7, 11) is 0. The Morgan fingerprint density at radius 3 is 2.71 bits per heavy atom. The lowest BCUT2D eigenvalue weighted by Crippen LogP contribution is -2.54. The second-order valence-corrected chi connectivity index (χ2v) is 6.67. The van der Waals surface area contributed by atoms with Crippen LogP contribution in [0.2, 0.25) is 0 Å². The summed E-state index contributed by atoms with van der Waals surface area (Å²) in [6, 6.07) is 0. The molecule has 21 heavy (non-hydrogen) atoms. The fraction of sp³-hybridized carbons (Fsp3) is 1.00. The molecule has 1 aliphatic rings. The Morgan fingerprint density at radius 2 is 2.10 bits per heavy atom. The van der Waals surface area contributed by atoms with Gasteiger partial charge in [0, 0.05) is 12.1 Å². The van der Waals surface area contributed by atoms with Crippen LogP contribution in [0.1, 0.15) is 46.5 Å². The quantitative estimate of drug-likeness (QED) is 0.531. The van der Waals surface area contributed by atoms with Gasteiger partial charge in [-0.2, -0.15) is 0 Å². The van der Waals surface area contributed by atoms with Crippen LogP contribution in [0.15, 0.2) is 0 Å². The van der Waals surface area contributed by atoms with Gasteiger partial charge in [-0.25, -0.2) is 0 Å². The van der Waals surface area contributed by atoms with Crippen molar-refractivity contribution in [3.8, 4) is 0 Å². The lowest BCUT2D eigenvalue weighted by Gasteiger charge is -2.40. The Bertz CT molecular complexity index is 275. The first-order chi connectivity index (χ1) is 9.97. The first kappa shape index (κ1) is 18.8. The van der Waals surface area contributed by atoms with E-state index in [1.165, 1.54) is 6.42 Å². The molecule has 0 aromatic heterocycles. The van der Waals surface area contributed by atoms with E-state index in [2.05, 4.69) is 12.2 Å². The third kappa shape index (κ3) is 7.56. The summed E-state index contributed by atoms with van der Waals surface area (Å²) >= 11 is 0. The highest BCUT2D eigenvalue weighted by atomic mass is 16.5. The highest BCUT2D eigenvalue weighted by Gasteiger charge is 2.34. The summed E-state index contributed by atoms with van der Waals surface area (Å²) in [5.74, 6) is 0.625. The van der Waals surface area contributed by atoms with Crippen molar-refractivity contribution in [3.63, 3.8) is 0 Å². The van der Waals surface area contributed by atoms with Crippen molar-refractivity contribution in [2.75, 3.05) is 33.0 Å². The van der Waals surface area contributed by atoms with Crippen molar-refractivity contribution < 1.29 is 19.7 Å². The van der Waals surface area contributed by atoms with Gasteiger partial charge in [0.25, 0.3) is 0 Å². The molecule has 0 spiro atoms. The highest BCUT2D eigenvalue weighted by molar-refractivity contribution is 4.92. The van der Waals surface area contributed by atoms with E-state index in [0.717, 1.165) is 19.3 Å². The van der Waals surface area contributed by atoms with Gasteiger partial charge >= 0.3 is 0 Å². The first-order valence-electron chi connectivity index (χ1n) is 8.21. The number of rotatable bonds is 10. The molecule has 3 atom stereocenters. The van der Waals surface area contributed by atoms with Crippen molar-refractivity contribution in [2.45, 2.75) is 64.2 Å². The average molecular weight is 303 g/mol. The van der Waals surface area contributed by atoms with Crippen LogP contribution in [0.25, 0.3) is 0 Å². The summed E-state index contributed by atoms with van der Waals surface area (Å²) in [4.78, 5) is 0. The maximum atomic E-state index is 9.95. The molecule has 0 saturated heterocycles. The minimum absolute atomic E-state index is 0.132.